The van der Waals surface area contributed by atoms with Crippen LogP contribution >= 0.6 is 12.6 Å². The van der Waals surface area contributed by atoms with Crippen molar-refractivity contribution in [3.8, 4) is 0 Å². The minimum absolute atomic E-state index is 0.958. The zero-order valence-electron chi connectivity index (χ0n) is 8.37. The quantitative estimate of drug-likeness (QED) is 0.574. The lowest BCUT2D eigenvalue weighted by molar-refractivity contribution is -0.356. The molecular weight excluding hydrogens is 298 g/mol. The van der Waals surface area contributed by atoms with Crippen LogP contribution in [0.3, 0.4) is 0 Å². The molecule has 0 aromatic carbocycles. The number of nitrogens with two attached hydrogens (primary N) is 1. The van der Waals surface area contributed by atoms with Gasteiger partial charge >= 0.3 is 23.7 Å². The first-order chi connectivity index (χ1) is 7.75. The van der Waals surface area contributed by atoms with Crippen LogP contribution in [0.15, 0.2) is 0 Å². The van der Waals surface area contributed by atoms with Crippen LogP contribution in [-0.2, 0) is 4.79 Å². The average molecular weight is 305 g/mol. The molecule has 0 atom stereocenters. The second kappa shape index (κ2) is 4.74. The molecule has 11 heteroatoms. The van der Waals surface area contributed by atoms with Gasteiger partial charge in [0.15, 0.2) is 0 Å². The van der Waals surface area contributed by atoms with Gasteiger partial charge in [0.25, 0.3) is 5.91 Å². The molecule has 0 aliphatic rings. The molecule has 0 fully saturated rings. The summed E-state index contributed by atoms with van der Waals surface area (Å²) in [5.41, 5.74) is 3.81. The van der Waals surface area contributed by atoms with Crippen LogP contribution in [0.5, 0.6) is 0 Å². The first-order valence-corrected chi connectivity index (χ1v) is 4.81. The smallest absolute Gasteiger partial charge is 0.364 e. The maximum Gasteiger partial charge on any atom is 0.392 e. The Labute approximate surface area is 101 Å². The summed E-state index contributed by atoms with van der Waals surface area (Å²) in [6.07, 6.45) is -1.88. The SMILES string of the molecule is NC(=O)C(F)(F)C(F)(F)C(F)(F)C(F)(F)CCS. The van der Waals surface area contributed by atoms with Gasteiger partial charge in [-0.15, -0.1) is 0 Å². The Morgan fingerprint density at radius 1 is 0.944 bits per heavy atom. The van der Waals surface area contributed by atoms with E-state index >= 15 is 0 Å². The third kappa shape index (κ3) is 2.36. The molecule has 0 radical (unpaired) electrons. The highest BCUT2D eigenvalue weighted by Crippen LogP contribution is 2.53. The Kier molecular flexibility index (Phi) is 4.55. The van der Waals surface area contributed by atoms with Gasteiger partial charge in [-0.1, -0.05) is 0 Å². The minimum Gasteiger partial charge on any atom is -0.364 e. The van der Waals surface area contributed by atoms with Gasteiger partial charge in [-0.25, -0.2) is 0 Å². The predicted octanol–water partition coefficient (Wildman–Crippen LogP) is 2.33. The molecule has 18 heavy (non-hydrogen) atoms. The van der Waals surface area contributed by atoms with Crippen molar-refractivity contribution < 1.29 is 39.9 Å². The highest BCUT2D eigenvalue weighted by Gasteiger charge is 2.81. The van der Waals surface area contributed by atoms with Gasteiger partial charge in [0.2, 0.25) is 0 Å². The zero-order chi connectivity index (χ0) is 15.0. The van der Waals surface area contributed by atoms with E-state index in [0.717, 1.165) is 0 Å². The second-order valence-electron chi connectivity index (χ2n) is 3.27. The summed E-state index contributed by atoms with van der Waals surface area (Å²) in [5.74, 6) is -28.8. The van der Waals surface area contributed by atoms with Crippen molar-refractivity contribution in [2.45, 2.75) is 30.1 Å². The van der Waals surface area contributed by atoms with E-state index in [9.17, 15) is 39.9 Å². The van der Waals surface area contributed by atoms with E-state index in [4.69, 9.17) is 0 Å². The van der Waals surface area contributed by atoms with Gasteiger partial charge in [-0.3, -0.25) is 4.79 Å². The maximum atomic E-state index is 12.8. The van der Waals surface area contributed by atoms with Crippen LogP contribution in [0.2, 0.25) is 0 Å². The van der Waals surface area contributed by atoms with Gasteiger partial charge in [0, 0.05) is 6.42 Å². The molecule has 0 spiro atoms. The lowest BCUT2D eigenvalue weighted by atomic mass is 9.96. The van der Waals surface area contributed by atoms with Crippen molar-refractivity contribution in [3.63, 3.8) is 0 Å². The normalized spacial score (nSPS) is 14.7. The third-order valence-corrected chi connectivity index (χ3v) is 2.21. The molecule has 0 aliphatic heterocycles. The second-order valence-corrected chi connectivity index (χ2v) is 3.71. The van der Waals surface area contributed by atoms with E-state index in [2.05, 4.69) is 18.4 Å². The number of alkyl halides is 8. The summed E-state index contributed by atoms with van der Waals surface area (Å²) < 4.78 is 102. The lowest BCUT2D eigenvalue weighted by Crippen LogP contribution is -2.65. The number of carbonyl (C=O) groups excluding carboxylic acids is 1. The average Bonchev–Trinajstić information content (AvgIpc) is 2.16. The molecule has 0 aromatic heterocycles. The Bertz CT molecular complexity index is 331. The number of carbonyl (C=O) groups is 1. The molecule has 0 rings (SSSR count). The zero-order valence-corrected chi connectivity index (χ0v) is 9.27. The lowest BCUT2D eigenvalue weighted by Gasteiger charge is -2.35. The Balaban J connectivity index is 5.65. The Morgan fingerprint density at radius 2 is 1.33 bits per heavy atom. The van der Waals surface area contributed by atoms with Crippen LogP contribution in [0.4, 0.5) is 35.1 Å². The number of hydrogen-bond acceptors (Lipinski definition) is 2. The summed E-state index contributed by atoms with van der Waals surface area (Å²) in [7, 11) is 0. The first-order valence-electron chi connectivity index (χ1n) is 4.17. The number of primary amides is 1. The van der Waals surface area contributed by atoms with E-state index in [-0.39, 0.29) is 0 Å². The summed E-state index contributed by atoms with van der Waals surface area (Å²) in [5, 5.41) is 0. The first kappa shape index (κ1) is 17.3. The largest absolute Gasteiger partial charge is 0.392 e. The monoisotopic (exact) mass is 305 g/mol. The van der Waals surface area contributed by atoms with E-state index in [1.165, 1.54) is 0 Å². The van der Waals surface area contributed by atoms with E-state index in [1.54, 1.807) is 0 Å². The number of thiol groups is 1. The van der Waals surface area contributed by atoms with Crippen molar-refractivity contribution >= 4 is 18.5 Å². The van der Waals surface area contributed by atoms with Crippen LogP contribution in [0.1, 0.15) is 6.42 Å². The predicted molar refractivity (Wildman–Crippen MR) is 47.5 cm³/mol. The summed E-state index contributed by atoms with van der Waals surface area (Å²) >= 11 is 3.12. The summed E-state index contributed by atoms with van der Waals surface area (Å²) in [6.45, 7) is 0. The molecule has 2 N–H and O–H groups in total. The van der Waals surface area contributed by atoms with E-state index in [1.807, 2.05) is 0 Å². The van der Waals surface area contributed by atoms with Gasteiger partial charge in [0.05, 0.1) is 0 Å². The van der Waals surface area contributed by atoms with Crippen molar-refractivity contribution in [1.82, 2.24) is 0 Å². The minimum atomic E-state index is -6.63. The number of amides is 1. The fourth-order valence-corrected chi connectivity index (χ4v) is 1.16. The Morgan fingerprint density at radius 3 is 1.61 bits per heavy atom. The molecular formula is C7H7F8NOS. The van der Waals surface area contributed by atoms with E-state index < -0.39 is 41.8 Å². The summed E-state index contributed by atoms with van der Waals surface area (Å²) in [6, 6.07) is 0. The van der Waals surface area contributed by atoms with Gasteiger partial charge in [-0.05, 0) is 5.75 Å². The molecule has 0 aliphatic carbocycles. The molecule has 0 heterocycles. The molecule has 0 unspecified atom stereocenters. The highest BCUT2D eigenvalue weighted by atomic mass is 32.1. The van der Waals surface area contributed by atoms with Crippen LogP contribution in [0, 0.1) is 0 Å². The number of rotatable bonds is 6. The van der Waals surface area contributed by atoms with Crippen molar-refractivity contribution in [3.05, 3.63) is 0 Å². The highest BCUT2D eigenvalue weighted by molar-refractivity contribution is 7.80. The molecule has 0 saturated heterocycles. The fraction of sp³-hybridized carbons (Fsp3) is 0.857. The van der Waals surface area contributed by atoms with Crippen LogP contribution in [-0.4, -0.2) is 35.4 Å². The standard InChI is InChI=1S/C7H7F8NOS/c8-4(9,1-2-18)6(12,13)7(14,15)5(10,11)3(16)17/h18H,1-2H2,(H2,16,17). The van der Waals surface area contributed by atoms with Crippen molar-refractivity contribution in [2.24, 2.45) is 5.73 Å². The van der Waals surface area contributed by atoms with Crippen LogP contribution in [0.25, 0.3) is 0 Å². The van der Waals surface area contributed by atoms with Gasteiger partial charge < -0.3 is 5.73 Å². The van der Waals surface area contributed by atoms with E-state index in [0.29, 0.717) is 0 Å². The third-order valence-electron chi connectivity index (χ3n) is 1.98. The number of halogens is 8. The topological polar surface area (TPSA) is 43.1 Å². The number of hydrogen-bond donors (Lipinski definition) is 2. The van der Waals surface area contributed by atoms with Gasteiger partial charge in [-0.2, -0.15) is 47.8 Å². The van der Waals surface area contributed by atoms with Crippen LogP contribution < -0.4 is 5.73 Å². The van der Waals surface area contributed by atoms with Crippen molar-refractivity contribution in [1.29, 1.82) is 0 Å². The molecule has 2 nitrogen and oxygen atoms in total. The maximum absolute atomic E-state index is 12.8. The summed E-state index contributed by atoms with van der Waals surface area (Å²) in [4.78, 5) is 10.00. The van der Waals surface area contributed by atoms with Crippen molar-refractivity contribution in [2.75, 3.05) is 5.75 Å². The molecule has 1 amide bonds. The molecule has 108 valence electrons. The molecule has 0 saturated carbocycles. The van der Waals surface area contributed by atoms with Gasteiger partial charge in [0.1, 0.15) is 0 Å². The Hall–Kier alpha value is -0.740. The molecule has 0 aromatic rings. The fourth-order valence-electron chi connectivity index (χ4n) is 0.879. The molecule has 0 bridgehead atoms.